The Bertz CT molecular complexity index is 2280. The third-order valence-corrected chi connectivity index (χ3v) is 12.7. The van der Waals surface area contributed by atoms with Crippen LogP contribution in [0.5, 0.6) is 11.5 Å². The number of nitrogens with one attached hydrogen (secondary N) is 1. The Balaban J connectivity index is 0.815. The predicted molar refractivity (Wildman–Crippen MR) is 209 cm³/mol. The summed E-state index contributed by atoms with van der Waals surface area (Å²) >= 11 is 0. The summed E-state index contributed by atoms with van der Waals surface area (Å²) < 4.78 is 8.09. The first kappa shape index (κ1) is 34.9. The summed E-state index contributed by atoms with van der Waals surface area (Å²) in [5, 5.41) is 30.3. The molecule has 5 aliphatic rings. The molecule has 2 bridgehead atoms. The number of nitrogens with two attached hydrogens (primary N) is 1. The van der Waals surface area contributed by atoms with Gasteiger partial charge in [-0.15, -0.1) is 0 Å². The third-order valence-electron chi connectivity index (χ3n) is 12.7. The van der Waals surface area contributed by atoms with Crippen LogP contribution in [0.1, 0.15) is 79.6 Å². The molecule has 7 heterocycles. The number of nitrogens with zero attached hydrogens (tertiary/aromatic N) is 7. The monoisotopic (exact) mass is 755 g/mol. The molecule has 4 saturated heterocycles. The molecule has 5 atom stereocenters. The van der Waals surface area contributed by atoms with Crippen molar-refractivity contribution in [1.29, 1.82) is 0 Å². The highest BCUT2D eigenvalue weighted by Crippen LogP contribution is 2.45. The lowest BCUT2D eigenvalue weighted by molar-refractivity contribution is -0.132. The van der Waals surface area contributed by atoms with Gasteiger partial charge in [-0.25, -0.2) is 14.6 Å². The number of ether oxygens (including phenoxy) is 1. The quantitative estimate of drug-likeness (QED) is 0.181. The molecule has 0 aliphatic carbocycles. The summed E-state index contributed by atoms with van der Waals surface area (Å²) in [6.45, 7) is 1.93. The van der Waals surface area contributed by atoms with Gasteiger partial charge in [0, 0.05) is 60.0 Å². The second kappa shape index (κ2) is 13.9. The van der Waals surface area contributed by atoms with Crippen LogP contribution in [0.3, 0.4) is 0 Å². The number of para-hydroxylation sites is 1. The van der Waals surface area contributed by atoms with E-state index >= 15 is 0 Å². The van der Waals surface area contributed by atoms with E-state index in [2.05, 4.69) is 29.8 Å². The fourth-order valence-corrected chi connectivity index (χ4v) is 10.0. The molecular formula is C42H45N9O5. The largest absolute Gasteiger partial charge is 0.457 e. The topological polar surface area (TPSA) is 175 Å². The first-order valence-electron chi connectivity index (χ1n) is 19.8. The smallest absolute Gasteiger partial charge is 0.257 e. The lowest BCUT2D eigenvalue weighted by Crippen LogP contribution is -2.56. The summed E-state index contributed by atoms with van der Waals surface area (Å²) in [6.07, 6.45) is 5.87. The molecule has 14 nitrogen and oxygen atoms in total. The van der Waals surface area contributed by atoms with Gasteiger partial charge in [-0.1, -0.05) is 18.2 Å². The zero-order valence-electron chi connectivity index (χ0n) is 30.9. The molecular weight excluding hydrogens is 711 g/mol. The number of rotatable bonds is 7. The molecule has 5 N–H and O–H groups in total. The minimum Gasteiger partial charge on any atom is -0.457 e. The van der Waals surface area contributed by atoms with Gasteiger partial charge in [0.2, 0.25) is 5.91 Å². The van der Waals surface area contributed by atoms with Crippen molar-refractivity contribution in [2.24, 2.45) is 0 Å². The molecule has 3 aromatic carbocycles. The molecule has 2 amide bonds. The van der Waals surface area contributed by atoms with E-state index in [1.54, 1.807) is 0 Å². The van der Waals surface area contributed by atoms with Crippen molar-refractivity contribution in [3.63, 3.8) is 0 Å². The molecule has 14 heteroatoms. The Hall–Kier alpha value is -5.57. The molecule has 288 valence electrons. The number of piperidine rings is 3. The summed E-state index contributed by atoms with van der Waals surface area (Å²) in [4.78, 5) is 40.7. The highest BCUT2D eigenvalue weighted by Gasteiger charge is 2.47. The number of hydrogen-bond donors (Lipinski definition) is 4. The normalized spacial score (nSPS) is 26.8. The average molecular weight is 756 g/mol. The summed E-state index contributed by atoms with van der Waals surface area (Å²) in [7, 11) is 0. The van der Waals surface area contributed by atoms with Gasteiger partial charge >= 0.3 is 0 Å². The van der Waals surface area contributed by atoms with Crippen LogP contribution in [0.25, 0.3) is 22.3 Å². The number of aliphatic hydroxyl groups excluding tert-OH is 2. The number of fused-ring (bicyclic) bond motifs is 4. The number of benzene rings is 3. The van der Waals surface area contributed by atoms with Crippen molar-refractivity contribution in [1.82, 2.24) is 34.9 Å². The van der Waals surface area contributed by atoms with Gasteiger partial charge in [0.05, 0.1) is 17.5 Å². The van der Waals surface area contributed by atoms with E-state index in [-0.39, 0.29) is 24.3 Å². The van der Waals surface area contributed by atoms with Crippen molar-refractivity contribution in [3.8, 4) is 22.8 Å². The molecule has 2 aromatic heterocycles. The molecule has 0 saturated carbocycles. The number of aromatic nitrogens is 4. The number of likely N-dealkylation sites (tertiary alicyclic amines) is 1. The van der Waals surface area contributed by atoms with Crippen molar-refractivity contribution < 1.29 is 24.5 Å². The fourth-order valence-electron chi connectivity index (χ4n) is 10.0. The molecule has 56 heavy (non-hydrogen) atoms. The van der Waals surface area contributed by atoms with Crippen LogP contribution >= 0.6 is 0 Å². The Labute approximate surface area is 323 Å². The Morgan fingerprint density at radius 1 is 0.786 bits per heavy atom. The highest BCUT2D eigenvalue weighted by molar-refractivity contribution is 6.00. The van der Waals surface area contributed by atoms with Gasteiger partial charge < -0.3 is 40.7 Å². The van der Waals surface area contributed by atoms with Crippen LogP contribution in [0.4, 0.5) is 11.5 Å². The van der Waals surface area contributed by atoms with Gasteiger partial charge in [-0.2, -0.15) is 5.10 Å². The maximum Gasteiger partial charge on any atom is 0.257 e. The van der Waals surface area contributed by atoms with Gasteiger partial charge in [0.25, 0.3) is 5.91 Å². The lowest BCUT2D eigenvalue weighted by atomic mass is 9.92. The summed E-state index contributed by atoms with van der Waals surface area (Å²) in [5.74, 6) is 1.36. The first-order valence-corrected chi connectivity index (χ1v) is 19.8. The molecule has 4 fully saturated rings. The van der Waals surface area contributed by atoms with Crippen molar-refractivity contribution in [2.45, 2.75) is 94.0 Å². The number of hydrogen-bond acceptors (Lipinski definition) is 11. The van der Waals surface area contributed by atoms with E-state index in [9.17, 15) is 19.8 Å². The van der Waals surface area contributed by atoms with E-state index in [0.29, 0.717) is 41.5 Å². The van der Waals surface area contributed by atoms with Crippen LogP contribution < -0.4 is 20.7 Å². The number of nitrogen functional groups attached to an aromatic ring is 1. The highest BCUT2D eigenvalue weighted by atomic mass is 16.5. The van der Waals surface area contributed by atoms with E-state index in [1.165, 1.54) is 11.2 Å². The van der Waals surface area contributed by atoms with E-state index in [0.717, 1.165) is 91.1 Å². The molecule has 0 radical (unpaired) electrons. The number of carbonyl (C=O) groups is 2. The molecule has 5 aliphatic heterocycles. The first-order chi connectivity index (χ1) is 27.3. The summed E-state index contributed by atoms with van der Waals surface area (Å²) in [5.41, 5.74) is 11.0. The third kappa shape index (κ3) is 5.94. The second-order valence-corrected chi connectivity index (χ2v) is 15.9. The number of anilines is 2. The predicted octanol–water partition coefficient (Wildman–Crippen LogP) is 4.75. The van der Waals surface area contributed by atoms with Gasteiger partial charge in [0.1, 0.15) is 35.6 Å². The Morgan fingerprint density at radius 2 is 1.52 bits per heavy atom. The standard InChI is InChI=1S/C42H45N9O5/c43-38-36-37(24-6-11-31(12-7-24)56-30-4-2-1-3-5-30)47-51(39(36)45-23-44-38)25-16-18-48(19-17-25)29-20-26-8-9-27(21-29)49(26)28-10-13-32-33(22-28)42(55)50(41(32)54)34-14-15-35(52)46-40(34)53/h1-7,10-13,22-23,25-27,29,34,40,42,53,55H,8-9,14-21H2,(H,46,52)(H2,43,44,45). The molecule has 0 spiro atoms. The molecule has 5 aromatic rings. The van der Waals surface area contributed by atoms with Crippen molar-refractivity contribution in [2.75, 3.05) is 23.7 Å². The van der Waals surface area contributed by atoms with Crippen LogP contribution in [0, 0.1) is 0 Å². The van der Waals surface area contributed by atoms with Crippen molar-refractivity contribution >= 4 is 34.4 Å². The van der Waals surface area contributed by atoms with Gasteiger partial charge in [-0.3, -0.25) is 9.59 Å². The number of aliphatic hydroxyl groups is 2. The minimum atomic E-state index is -1.21. The van der Waals surface area contributed by atoms with Gasteiger partial charge in [-0.05, 0) is 99.5 Å². The lowest BCUT2D eigenvalue weighted by Gasteiger charge is -2.46. The van der Waals surface area contributed by atoms with E-state index in [4.69, 9.17) is 15.6 Å². The second-order valence-electron chi connectivity index (χ2n) is 15.9. The Morgan fingerprint density at radius 3 is 2.25 bits per heavy atom. The number of carbonyl (C=O) groups excluding carboxylic acids is 2. The zero-order chi connectivity index (χ0) is 38.1. The minimum absolute atomic E-state index is 0.181. The van der Waals surface area contributed by atoms with Crippen LogP contribution in [0.2, 0.25) is 0 Å². The SMILES string of the molecule is Nc1ncnc2c1c(-c1ccc(Oc3ccccc3)cc1)nn2C1CCN(C2CC3CCC(C2)N3c2ccc3c(c2)C(O)N(C2CCC(=O)NC2O)C3=O)CC1. The summed E-state index contributed by atoms with van der Waals surface area (Å²) in [6, 6.07) is 24.1. The van der Waals surface area contributed by atoms with Crippen molar-refractivity contribution in [3.05, 3.63) is 90.3 Å². The number of amides is 2. The van der Waals surface area contributed by atoms with Crippen LogP contribution in [-0.4, -0.2) is 95.1 Å². The maximum atomic E-state index is 13.4. The molecule has 5 unspecified atom stereocenters. The van der Waals surface area contributed by atoms with Crippen LogP contribution in [-0.2, 0) is 4.79 Å². The fraction of sp³-hybridized carbons (Fsp3) is 0.405. The molecule has 10 rings (SSSR count). The van der Waals surface area contributed by atoms with E-state index in [1.807, 2.05) is 72.8 Å². The van der Waals surface area contributed by atoms with Gasteiger partial charge in [0.15, 0.2) is 11.9 Å². The maximum absolute atomic E-state index is 13.4. The average Bonchev–Trinajstić information content (AvgIpc) is 3.82. The Kier molecular flexibility index (Phi) is 8.64. The van der Waals surface area contributed by atoms with E-state index < -0.39 is 18.5 Å². The zero-order valence-corrected chi connectivity index (χ0v) is 30.9. The van der Waals surface area contributed by atoms with Crippen LogP contribution in [0.15, 0.2) is 79.1 Å².